The molecule has 38 valence electrons. The number of nitrogens with one attached hydrogen (secondary N) is 1. The molecule has 0 saturated heterocycles. The molecule has 7 heavy (non-hydrogen) atoms. The third-order valence-corrected chi connectivity index (χ3v) is 0.689. The first-order chi connectivity index (χ1) is 3.39. The second kappa shape index (κ2) is 1.84. The minimum absolute atomic E-state index is 0.395. The third-order valence-electron chi connectivity index (χ3n) is 0.479. The van der Waals surface area contributed by atoms with E-state index in [1.807, 2.05) is 0 Å². The molecule has 1 N–H and O–H groups in total. The molecule has 0 aromatic rings. The van der Waals surface area contributed by atoms with Gasteiger partial charge < -0.3 is 4.84 Å². The quantitative estimate of drug-likeness (QED) is 0.505. The second-order valence-corrected chi connectivity index (χ2v) is 1.33. The van der Waals surface area contributed by atoms with Crippen molar-refractivity contribution in [2.45, 2.75) is 0 Å². The lowest BCUT2D eigenvalue weighted by atomic mass is 10.7. The lowest BCUT2D eigenvalue weighted by Gasteiger charge is -1.99. The molecule has 0 radical (unpaired) electrons. The fraction of sp³-hybridized carbons (Fsp3) is 0. The fourth-order valence-corrected chi connectivity index (χ4v) is 0.314. The molecule has 3 nitrogen and oxygen atoms in total. The zero-order valence-electron chi connectivity index (χ0n) is 3.39. The first-order valence-corrected chi connectivity index (χ1v) is 2.08. The Hall–Kier alpha value is -0.700. The van der Waals surface area contributed by atoms with Crippen LogP contribution in [0.3, 0.4) is 0 Å². The molecule has 0 spiro atoms. The standard InChI is InChI=1S/C3H3ClN2O/c4-3-1-2-7-6-5-3/h1-2,6H. The van der Waals surface area contributed by atoms with Crippen molar-refractivity contribution in [1.29, 1.82) is 0 Å². The van der Waals surface area contributed by atoms with Gasteiger partial charge in [0.25, 0.3) is 0 Å². The molecule has 0 bridgehead atoms. The second-order valence-electron chi connectivity index (χ2n) is 0.946. The highest BCUT2D eigenvalue weighted by atomic mass is 35.5. The predicted molar refractivity (Wildman–Crippen MR) is 26.6 cm³/mol. The van der Waals surface area contributed by atoms with Crippen LogP contribution in [0.15, 0.2) is 17.4 Å². The lowest BCUT2D eigenvalue weighted by molar-refractivity contribution is 0.136. The fourth-order valence-electron chi connectivity index (χ4n) is 0.228. The topological polar surface area (TPSA) is 33.6 Å². The van der Waals surface area contributed by atoms with E-state index < -0.39 is 0 Å². The maximum atomic E-state index is 5.34. The Morgan fingerprint density at radius 1 is 1.86 bits per heavy atom. The van der Waals surface area contributed by atoms with Crippen molar-refractivity contribution in [2.24, 2.45) is 5.10 Å². The molecule has 1 heterocycles. The lowest BCUT2D eigenvalue weighted by Crippen LogP contribution is -2.07. The van der Waals surface area contributed by atoms with Crippen LogP contribution < -0.4 is 5.59 Å². The van der Waals surface area contributed by atoms with Gasteiger partial charge in [0, 0.05) is 6.08 Å². The van der Waals surface area contributed by atoms with E-state index in [-0.39, 0.29) is 0 Å². The first-order valence-electron chi connectivity index (χ1n) is 1.70. The van der Waals surface area contributed by atoms with Crippen LogP contribution in [0.4, 0.5) is 0 Å². The summed E-state index contributed by atoms with van der Waals surface area (Å²) in [6.07, 6.45) is 2.95. The maximum absolute atomic E-state index is 5.34. The zero-order chi connectivity index (χ0) is 5.11. The van der Waals surface area contributed by atoms with Crippen LogP contribution in [0.25, 0.3) is 0 Å². The van der Waals surface area contributed by atoms with Crippen LogP contribution >= 0.6 is 11.6 Å². The summed E-state index contributed by atoms with van der Waals surface area (Å²) in [5.74, 6) is 0. The molecule has 0 fully saturated rings. The Labute approximate surface area is 45.6 Å². The van der Waals surface area contributed by atoms with Crippen molar-refractivity contribution in [2.75, 3.05) is 0 Å². The van der Waals surface area contributed by atoms with Gasteiger partial charge in [0.05, 0.1) is 0 Å². The molecular formula is C3H3ClN2O. The van der Waals surface area contributed by atoms with E-state index in [1.165, 1.54) is 12.3 Å². The van der Waals surface area contributed by atoms with Gasteiger partial charge in [-0.3, -0.25) is 0 Å². The summed E-state index contributed by atoms with van der Waals surface area (Å²) >= 11 is 5.34. The number of nitrogens with zero attached hydrogens (tertiary/aromatic N) is 1. The Morgan fingerprint density at radius 2 is 2.71 bits per heavy atom. The molecule has 0 aromatic heterocycles. The van der Waals surface area contributed by atoms with Crippen LogP contribution in [0.2, 0.25) is 0 Å². The van der Waals surface area contributed by atoms with Gasteiger partial charge in [0.2, 0.25) is 0 Å². The van der Waals surface area contributed by atoms with Gasteiger partial charge in [0.15, 0.2) is 5.17 Å². The molecular weight excluding hydrogens is 115 g/mol. The minimum atomic E-state index is 0.395. The molecule has 0 aliphatic carbocycles. The summed E-state index contributed by atoms with van der Waals surface area (Å²) in [6.45, 7) is 0. The van der Waals surface area contributed by atoms with Crippen molar-refractivity contribution in [3.8, 4) is 0 Å². The summed E-state index contributed by atoms with van der Waals surface area (Å²) in [5, 5.41) is 3.85. The van der Waals surface area contributed by atoms with Gasteiger partial charge in [-0.25, -0.2) is 0 Å². The zero-order valence-corrected chi connectivity index (χ0v) is 4.14. The highest BCUT2D eigenvalue weighted by Crippen LogP contribution is 1.90. The smallest absolute Gasteiger partial charge is 0.155 e. The molecule has 4 heteroatoms. The summed E-state index contributed by atoms with van der Waals surface area (Å²) in [4.78, 5) is 4.44. The van der Waals surface area contributed by atoms with Gasteiger partial charge in [-0.1, -0.05) is 11.6 Å². The SMILES string of the molecule is ClC1=NNOC=C1. The van der Waals surface area contributed by atoms with E-state index >= 15 is 0 Å². The normalized spacial score (nSPS) is 17.0. The number of hydrogen-bond acceptors (Lipinski definition) is 3. The summed E-state index contributed by atoms with van der Waals surface area (Å²) in [6, 6.07) is 0. The van der Waals surface area contributed by atoms with E-state index in [4.69, 9.17) is 11.6 Å². The molecule has 1 aliphatic heterocycles. The Balaban J connectivity index is 2.58. The van der Waals surface area contributed by atoms with E-state index in [1.54, 1.807) is 0 Å². The van der Waals surface area contributed by atoms with Crippen LogP contribution in [0.5, 0.6) is 0 Å². The molecule has 0 aromatic carbocycles. The van der Waals surface area contributed by atoms with Crippen molar-refractivity contribution in [1.82, 2.24) is 5.59 Å². The van der Waals surface area contributed by atoms with Crippen molar-refractivity contribution >= 4 is 16.8 Å². The average Bonchev–Trinajstić information content (AvgIpc) is 1.69. The number of hydrogen-bond donors (Lipinski definition) is 1. The van der Waals surface area contributed by atoms with Gasteiger partial charge in [0.1, 0.15) is 6.26 Å². The Bertz CT molecular complexity index is 120. The Kier molecular flexibility index (Phi) is 1.17. The summed E-state index contributed by atoms with van der Waals surface area (Å²) in [7, 11) is 0. The van der Waals surface area contributed by atoms with Crippen LogP contribution in [-0.4, -0.2) is 5.17 Å². The molecule has 1 aliphatic rings. The highest BCUT2D eigenvalue weighted by Gasteiger charge is 1.89. The largest absolute Gasteiger partial charge is 0.373 e. The highest BCUT2D eigenvalue weighted by molar-refractivity contribution is 6.68. The number of rotatable bonds is 0. The van der Waals surface area contributed by atoms with Crippen LogP contribution in [0.1, 0.15) is 0 Å². The summed E-state index contributed by atoms with van der Waals surface area (Å²) in [5.41, 5.74) is 2.20. The van der Waals surface area contributed by atoms with E-state index in [2.05, 4.69) is 15.5 Å². The number of halogens is 1. The van der Waals surface area contributed by atoms with Gasteiger partial charge in [-0.15, -0.1) is 10.7 Å². The van der Waals surface area contributed by atoms with E-state index in [0.29, 0.717) is 5.17 Å². The Morgan fingerprint density at radius 3 is 3.00 bits per heavy atom. The van der Waals surface area contributed by atoms with Gasteiger partial charge in [-0.05, 0) is 0 Å². The van der Waals surface area contributed by atoms with E-state index in [9.17, 15) is 0 Å². The van der Waals surface area contributed by atoms with Crippen molar-refractivity contribution < 1.29 is 4.84 Å². The van der Waals surface area contributed by atoms with Crippen LogP contribution in [-0.2, 0) is 4.84 Å². The van der Waals surface area contributed by atoms with Crippen LogP contribution in [0, 0.1) is 0 Å². The third kappa shape index (κ3) is 1.08. The first kappa shape index (κ1) is 4.46. The molecule has 0 saturated carbocycles. The van der Waals surface area contributed by atoms with Gasteiger partial charge in [-0.2, -0.15) is 0 Å². The molecule has 0 unspecified atom stereocenters. The monoisotopic (exact) mass is 118 g/mol. The number of hydrazone groups is 1. The predicted octanol–water partition coefficient (Wildman–Crippen LogP) is 0.587. The number of allylic oxidation sites excluding steroid dienone is 1. The van der Waals surface area contributed by atoms with Gasteiger partial charge >= 0.3 is 0 Å². The average molecular weight is 119 g/mol. The summed E-state index contributed by atoms with van der Waals surface area (Å²) < 4.78 is 0. The van der Waals surface area contributed by atoms with Crippen molar-refractivity contribution in [3.05, 3.63) is 12.3 Å². The minimum Gasteiger partial charge on any atom is -0.373 e. The maximum Gasteiger partial charge on any atom is 0.155 e. The molecule has 0 amide bonds. The molecule has 0 atom stereocenters. The molecule has 1 rings (SSSR count). The van der Waals surface area contributed by atoms with E-state index in [0.717, 1.165) is 0 Å². The van der Waals surface area contributed by atoms with Crippen molar-refractivity contribution in [3.63, 3.8) is 0 Å².